The SMILES string of the molecule is c1cc(-c2cnc3cccnn23)nc(N2CCNCC2)c1. The van der Waals surface area contributed by atoms with E-state index in [-0.39, 0.29) is 0 Å². The maximum atomic E-state index is 4.79. The Kier molecular flexibility index (Phi) is 3.01. The topological polar surface area (TPSA) is 58.4 Å². The first-order valence-corrected chi connectivity index (χ1v) is 7.14. The Hall–Kier alpha value is -2.47. The van der Waals surface area contributed by atoms with Crippen LogP contribution in [0.4, 0.5) is 5.82 Å². The van der Waals surface area contributed by atoms with Gasteiger partial charge in [-0.05, 0) is 24.3 Å². The second-order valence-electron chi connectivity index (χ2n) is 5.06. The molecule has 3 aromatic heterocycles. The molecule has 0 bridgehead atoms. The lowest BCUT2D eigenvalue weighted by Crippen LogP contribution is -2.43. The summed E-state index contributed by atoms with van der Waals surface area (Å²) in [6, 6.07) is 9.94. The number of fused-ring (bicyclic) bond motifs is 1. The van der Waals surface area contributed by atoms with Crippen molar-refractivity contribution in [1.82, 2.24) is 24.9 Å². The van der Waals surface area contributed by atoms with Crippen LogP contribution in [0, 0.1) is 0 Å². The number of imidazole rings is 1. The Morgan fingerprint density at radius 2 is 1.95 bits per heavy atom. The number of hydrogen-bond donors (Lipinski definition) is 1. The molecule has 0 radical (unpaired) electrons. The first-order valence-electron chi connectivity index (χ1n) is 7.14. The van der Waals surface area contributed by atoms with Crippen molar-refractivity contribution in [3.05, 3.63) is 42.7 Å². The number of anilines is 1. The lowest BCUT2D eigenvalue weighted by Gasteiger charge is -2.28. The molecule has 21 heavy (non-hydrogen) atoms. The predicted molar refractivity (Wildman–Crippen MR) is 81.3 cm³/mol. The molecule has 0 saturated carbocycles. The number of aromatic nitrogens is 4. The fourth-order valence-corrected chi connectivity index (χ4v) is 2.64. The fraction of sp³-hybridized carbons (Fsp3) is 0.267. The summed E-state index contributed by atoms with van der Waals surface area (Å²) in [5.41, 5.74) is 2.65. The summed E-state index contributed by atoms with van der Waals surface area (Å²) < 4.78 is 1.82. The summed E-state index contributed by atoms with van der Waals surface area (Å²) in [6.45, 7) is 3.98. The van der Waals surface area contributed by atoms with Gasteiger partial charge < -0.3 is 10.2 Å². The molecule has 0 spiro atoms. The van der Waals surface area contributed by atoms with Crippen LogP contribution in [0.5, 0.6) is 0 Å². The van der Waals surface area contributed by atoms with E-state index in [1.54, 1.807) is 6.20 Å². The molecule has 4 heterocycles. The average Bonchev–Trinajstić information content (AvgIpc) is 3.00. The quantitative estimate of drug-likeness (QED) is 0.764. The first-order chi connectivity index (χ1) is 10.4. The van der Waals surface area contributed by atoms with E-state index >= 15 is 0 Å². The maximum Gasteiger partial charge on any atom is 0.154 e. The minimum atomic E-state index is 0.835. The Morgan fingerprint density at radius 3 is 2.86 bits per heavy atom. The summed E-state index contributed by atoms with van der Waals surface area (Å²) >= 11 is 0. The van der Waals surface area contributed by atoms with Crippen LogP contribution in [0.15, 0.2) is 42.7 Å². The second kappa shape index (κ2) is 5.14. The molecule has 0 aliphatic carbocycles. The van der Waals surface area contributed by atoms with E-state index in [2.05, 4.69) is 26.4 Å². The largest absolute Gasteiger partial charge is 0.354 e. The third kappa shape index (κ3) is 2.23. The second-order valence-corrected chi connectivity index (χ2v) is 5.06. The summed E-state index contributed by atoms with van der Waals surface area (Å²) in [7, 11) is 0. The Bertz CT molecular complexity index is 759. The van der Waals surface area contributed by atoms with Crippen LogP contribution in [-0.4, -0.2) is 45.8 Å². The zero-order valence-corrected chi connectivity index (χ0v) is 11.6. The first kappa shape index (κ1) is 12.3. The summed E-state index contributed by atoms with van der Waals surface area (Å²) in [5.74, 6) is 1.01. The standard InChI is InChI=1S/C15H16N6/c1-3-12(13-11-17-14-5-2-6-18-21(13)14)19-15(4-1)20-9-7-16-8-10-20/h1-6,11,16H,7-10H2. The van der Waals surface area contributed by atoms with Crippen LogP contribution in [0.25, 0.3) is 17.0 Å². The molecular weight excluding hydrogens is 264 g/mol. The van der Waals surface area contributed by atoms with Crippen LogP contribution in [0.2, 0.25) is 0 Å². The zero-order valence-electron chi connectivity index (χ0n) is 11.6. The molecule has 1 aliphatic heterocycles. The van der Waals surface area contributed by atoms with Gasteiger partial charge in [0.25, 0.3) is 0 Å². The molecule has 1 saturated heterocycles. The number of nitrogens with zero attached hydrogens (tertiary/aromatic N) is 5. The lowest BCUT2D eigenvalue weighted by molar-refractivity contribution is 0.585. The molecule has 1 aliphatic rings. The van der Waals surface area contributed by atoms with Gasteiger partial charge in [-0.25, -0.2) is 14.5 Å². The van der Waals surface area contributed by atoms with Gasteiger partial charge in [-0.1, -0.05) is 6.07 Å². The third-order valence-corrected chi connectivity index (χ3v) is 3.72. The summed E-state index contributed by atoms with van der Waals surface area (Å²) in [5, 5.41) is 7.71. The van der Waals surface area contributed by atoms with E-state index in [1.807, 2.05) is 35.0 Å². The van der Waals surface area contributed by atoms with Crippen molar-refractivity contribution in [2.45, 2.75) is 0 Å². The maximum absolute atomic E-state index is 4.79. The number of pyridine rings is 1. The number of hydrogen-bond acceptors (Lipinski definition) is 5. The highest BCUT2D eigenvalue weighted by atomic mass is 15.3. The fourth-order valence-electron chi connectivity index (χ4n) is 2.64. The molecule has 1 fully saturated rings. The molecule has 6 heteroatoms. The molecule has 0 atom stereocenters. The van der Waals surface area contributed by atoms with Crippen molar-refractivity contribution < 1.29 is 0 Å². The molecule has 0 aromatic carbocycles. The van der Waals surface area contributed by atoms with E-state index in [1.165, 1.54) is 0 Å². The van der Waals surface area contributed by atoms with Crippen LogP contribution in [0.3, 0.4) is 0 Å². The summed E-state index contributed by atoms with van der Waals surface area (Å²) in [4.78, 5) is 11.5. The molecule has 4 rings (SSSR count). The Morgan fingerprint density at radius 1 is 1.05 bits per heavy atom. The minimum Gasteiger partial charge on any atom is -0.354 e. The van der Waals surface area contributed by atoms with E-state index < -0.39 is 0 Å². The lowest BCUT2D eigenvalue weighted by atomic mass is 10.2. The van der Waals surface area contributed by atoms with Crippen LogP contribution < -0.4 is 10.2 Å². The van der Waals surface area contributed by atoms with E-state index in [4.69, 9.17) is 4.98 Å². The normalized spacial score (nSPS) is 15.5. The number of nitrogens with one attached hydrogen (secondary N) is 1. The van der Waals surface area contributed by atoms with E-state index in [9.17, 15) is 0 Å². The molecule has 6 nitrogen and oxygen atoms in total. The number of piperazine rings is 1. The van der Waals surface area contributed by atoms with Gasteiger partial charge in [-0.15, -0.1) is 0 Å². The van der Waals surface area contributed by atoms with Gasteiger partial charge in [0.15, 0.2) is 5.65 Å². The minimum absolute atomic E-state index is 0.835. The van der Waals surface area contributed by atoms with Gasteiger partial charge in [0.1, 0.15) is 11.5 Å². The zero-order chi connectivity index (χ0) is 14.1. The van der Waals surface area contributed by atoms with Gasteiger partial charge >= 0.3 is 0 Å². The van der Waals surface area contributed by atoms with Gasteiger partial charge in [-0.2, -0.15) is 5.10 Å². The van der Waals surface area contributed by atoms with Gasteiger partial charge in [0.05, 0.1) is 11.9 Å². The molecule has 0 unspecified atom stereocenters. The molecule has 0 amide bonds. The number of rotatable bonds is 2. The van der Waals surface area contributed by atoms with Gasteiger partial charge in [0, 0.05) is 32.4 Å². The highest BCUT2D eigenvalue weighted by Gasteiger charge is 2.14. The van der Waals surface area contributed by atoms with E-state index in [0.717, 1.165) is 49.0 Å². The predicted octanol–water partition coefficient (Wildman–Crippen LogP) is 1.20. The smallest absolute Gasteiger partial charge is 0.154 e. The van der Waals surface area contributed by atoms with Crippen molar-refractivity contribution in [1.29, 1.82) is 0 Å². The van der Waals surface area contributed by atoms with Crippen molar-refractivity contribution in [3.63, 3.8) is 0 Å². The highest BCUT2D eigenvalue weighted by molar-refractivity contribution is 5.61. The van der Waals surface area contributed by atoms with Crippen molar-refractivity contribution in [3.8, 4) is 11.4 Å². The Labute approximate surface area is 122 Å². The molecule has 1 N–H and O–H groups in total. The third-order valence-electron chi connectivity index (χ3n) is 3.72. The van der Waals surface area contributed by atoms with Gasteiger partial charge in [0.2, 0.25) is 0 Å². The Balaban J connectivity index is 1.75. The van der Waals surface area contributed by atoms with Crippen LogP contribution in [-0.2, 0) is 0 Å². The van der Waals surface area contributed by atoms with Crippen molar-refractivity contribution in [2.24, 2.45) is 0 Å². The monoisotopic (exact) mass is 280 g/mol. The molecule has 106 valence electrons. The van der Waals surface area contributed by atoms with Crippen LogP contribution in [0.1, 0.15) is 0 Å². The van der Waals surface area contributed by atoms with E-state index in [0.29, 0.717) is 0 Å². The van der Waals surface area contributed by atoms with Crippen LogP contribution >= 0.6 is 0 Å². The summed E-state index contributed by atoms with van der Waals surface area (Å²) in [6.07, 6.45) is 3.59. The molecular formula is C15H16N6. The van der Waals surface area contributed by atoms with Crippen molar-refractivity contribution >= 4 is 11.5 Å². The van der Waals surface area contributed by atoms with Gasteiger partial charge in [-0.3, -0.25) is 0 Å². The molecule has 3 aromatic rings. The van der Waals surface area contributed by atoms with Crippen molar-refractivity contribution in [2.75, 3.05) is 31.1 Å². The highest BCUT2D eigenvalue weighted by Crippen LogP contribution is 2.21. The average molecular weight is 280 g/mol.